The number of ether oxygens (including phenoxy) is 1. The van der Waals surface area contributed by atoms with Gasteiger partial charge in [-0.15, -0.1) is 0 Å². The molecule has 1 amide bonds. The van der Waals surface area contributed by atoms with Crippen molar-refractivity contribution in [2.24, 2.45) is 7.05 Å². The van der Waals surface area contributed by atoms with E-state index in [9.17, 15) is 14.4 Å². The summed E-state index contributed by atoms with van der Waals surface area (Å²) in [7, 11) is 3.09. The second-order valence-electron chi connectivity index (χ2n) is 6.23. The van der Waals surface area contributed by atoms with Crippen LogP contribution in [0.4, 0.5) is 0 Å². The largest absolute Gasteiger partial charge is 0.385 e. The minimum Gasteiger partial charge on any atom is -0.385 e. The SMILES string of the molecule is COCCCNC(=O)Cn1c(=O)c2cnc(-c3ccccc3)nc2n(C)c1=O. The number of carbonyl (C=O) groups excluding carboxylic acids is 1. The van der Waals surface area contributed by atoms with Gasteiger partial charge in [-0.2, -0.15) is 0 Å². The number of amides is 1. The predicted octanol–water partition coefficient (Wildman–Crippen LogP) is 0.310. The second-order valence-corrected chi connectivity index (χ2v) is 6.23. The van der Waals surface area contributed by atoms with Crippen molar-refractivity contribution >= 4 is 16.9 Å². The predicted molar refractivity (Wildman–Crippen MR) is 104 cm³/mol. The van der Waals surface area contributed by atoms with Crippen LogP contribution in [0, 0.1) is 0 Å². The zero-order chi connectivity index (χ0) is 20.1. The van der Waals surface area contributed by atoms with Crippen molar-refractivity contribution in [2.45, 2.75) is 13.0 Å². The van der Waals surface area contributed by atoms with Crippen LogP contribution in [0.1, 0.15) is 6.42 Å². The number of nitrogens with one attached hydrogen (secondary N) is 1. The summed E-state index contributed by atoms with van der Waals surface area (Å²) in [5, 5.41) is 2.84. The Kier molecular flexibility index (Phi) is 5.95. The van der Waals surface area contributed by atoms with Crippen molar-refractivity contribution in [3.63, 3.8) is 0 Å². The molecule has 3 rings (SSSR count). The maximum absolute atomic E-state index is 12.7. The first-order valence-corrected chi connectivity index (χ1v) is 8.80. The van der Waals surface area contributed by atoms with Crippen LogP contribution in [0.25, 0.3) is 22.4 Å². The molecule has 0 spiro atoms. The Morgan fingerprint density at radius 1 is 1.21 bits per heavy atom. The summed E-state index contributed by atoms with van der Waals surface area (Å²) < 4.78 is 7.05. The Morgan fingerprint density at radius 3 is 2.68 bits per heavy atom. The average molecular weight is 383 g/mol. The number of nitrogens with zero attached hydrogens (tertiary/aromatic N) is 4. The molecular weight excluding hydrogens is 362 g/mol. The number of aryl methyl sites for hydroxylation is 1. The Hall–Kier alpha value is -3.33. The van der Waals surface area contributed by atoms with Gasteiger partial charge in [0.05, 0.1) is 0 Å². The minimum absolute atomic E-state index is 0.175. The highest BCUT2D eigenvalue weighted by molar-refractivity contribution is 5.78. The maximum atomic E-state index is 12.7. The van der Waals surface area contributed by atoms with Gasteiger partial charge in [0, 0.05) is 39.1 Å². The van der Waals surface area contributed by atoms with Crippen molar-refractivity contribution < 1.29 is 9.53 Å². The third kappa shape index (κ3) is 3.99. The summed E-state index contributed by atoms with van der Waals surface area (Å²) >= 11 is 0. The van der Waals surface area contributed by atoms with Gasteiger partial charge in [0.25, 0.3) is 5.56 Å². The zero-order valence-electron chi connectivity index (χ0n) is 15.7. The molecule has 0 atom stereocenters. The molecule has 0 saturated heterocycles. The van der Waals surface area contributed by atoms with Crippen LogP contribution in [0.2, 0.25) is 0 Å². The third-order valence-corrected chi connectivity index (χ3v) is 4.26. The van der Waals surface area contributed by atoms with E-state index in [1.54, 1.807) is 7.11 Å². The fourth-order valence-corrected chi connectivity index (χ4v) is 2.79. The topological polar surface area (TPSA) is 108 Å². The Bertz CT molecular complexity index is 1100. The highest BCUT2D eigenvalue weighted by Gasteiger charge is 2.16. The fraction of sp³-hybridized carbons (Fsp3) is 0.316. The highest BCUT2D eigenvalue weighted by Crippen LogP contribution is 2.15. The maximum Gasteiger partial charge on any atom is 0.332 e. The molecule has 0 aliphatic heterocycles. The van der Waals surface area contributed by atoms with E-state index in [1.807, 2.05) is 30.3 Å². The van der Waals surface area contributed by atoms with Gasteiger partial charge in [0.1, 0.15) is 11.9 Å². The summed E-state index contributed by atoms with van der Waals surface area (Å²) in [6.07, 6.45) is 2.03. The van der Waals surface area contributed by atoms with E-state index in [0.717, 1.165) is 10.1 Å². The standard InChI is InChI=1S/C19H21N5O4/c1-23-17-14(11-21-16(22-17)13-7-4-3-5-8-13)18(26)24(19(23)27)12-15(25)20-9-6-10-28-2/h3-5,7-8,11H,6,9-10,12H2,1-2H3,(H,20,25). The van der Waals surface area contributed by atoms with Gasteiger partial charge in [-0.05, 0) is 6.42 Å². The smallest absolute Gasteiger partial charge is 0.332 e. The van der Waals surface area contributed by atoms with E-state index in [4.69, 9.17) is 4.74 Å². The lowest BCUT2D eigenvalue weighted by atomic mass is 10.2. The molecule has 1 N–H and O–H groups in total. The second kappa shape index (κ2) is 8.57. The average Bonchev–Trinajstić information content (AvgIpc) is 2.73. The normalized spacial score (nSPS) is 10.9. The van der Waals surface area contributed by atoms with Gasteiger partial charge in [-0.3, -0.25) is 18.7 Å². The van der Waals surface area contributed by atoms with Crippen molar-refractivity contribution in [1.82, 2.24) is 24.4 Å². The Labute approximate surface area is 160 Å². The van der Waals surface area contributed by atoms with Crippen molar-refractivity contribution in [3.8, 4) is 11.4 Å². The highest BCUT2D eigenvalue weighted by atomic mass is 16.5. The molecular formula is C19H21N5O4. The fourth-order valence-electron chi connectivity index (χ4n) is 2.79. The molecule has 0 bridgehead atoms. The van der Waals surface area contributed by atoms with Gasteiger partial charge in [-0.1, -0.05) is 30.3 Å². The lowest BCUT2D eigenvalue weighted by Crippen LogP contribution is -2.43. The number of aromatic nitrogens is 4. The van der Waals surface area contributed by atoms with Crippen LogP contribution in [-0.4, -0.2) is 45.3 Å². The lowest BCUT2D eigenvalue weighted by Gasteiger charge is -2.11. The molecule has 0 fully saturated rings. The Balaban J connectivity index is 1.95. The first-order valence-electron chi connectivity index (χ1n) is 8.80. The van der Waals surface area contributed by atoms with Crippen molar-refractivity contribution in [3.05, 3.63) is 57.4 Å². The summed E-state index contributed by atoms with van der Waals surface area (Å²) in [6, 6.07) is 9.26. The van der Waals surface area contributed by atoms with E-state index in [0.29, 0.717) is 25.4 Å². The van der Waals surface area contributed by atoms with Crippen LogP contribution in [0.5, 0.6) is 0 Å². The number of fused-ring (bicyclic) bond motifs is 1. The molecule has 146 valence electrons. The minimum atomic E-state index is -0.609. The lowest BCUT2D eigenvalue weighted by molar-refractivity contribution is -0.121. The zero-order valence-corrected chi connectivity index (χ0v) is 15.7. The third-order valence-electron chi connectivity index (χ3n) is 4.26. The van der Waals surface area contributed by atoms with Gasteiger partial charge in [-0.25, -0.2) is 14.8 Å². The molecule has 9 nitrogen and oxygen atoms in total. The molecule has 2 heterocycles. The van der Waals surface area contributed by atoms with Crippen LogP contribution in [0.15, 0.2) is 46.1 Å². The monoisotopic (exact) mass is 383 g/mol. The molecule has 9 heteroatoms. The number of hydrogen-bond acceptors (Lipinski definition) is 6. The summed E-state index contributed by atoms with van der Waals surface area (Å²) in [5.41, 5.74) is -0.205. The quantitative estimate of drug-likeness (QED) is 0.588. The van der Waals surface area contributed by atoms with Crippen molar-refractivity contribution in [2.75, 3.05) is 20.3 Å². The van der Waals surface area contributed by atoms with Gasteiger partial charge < -0.3 is 10.1 Å². The number of rotatable bonds is 7. The Morgan fingerprint density at radius 2 is 1.96 bits per heavy atom. The number of hydrogen-bond donors (Lipinski definition) is 1. The summed E-state index contributed by atoms with van der Waals surface area (Å²) in [6.45, 7) is 0.548. The van der Waals surface area contributed by atoms with Crippen LogP contribution >= 0.6 is 0 Å². The molecule has 3 aromatic rings. The van der Waals surface area contributed by atoms with E-state index >= 15 is 0 Å². The molecule has 2 aromatic heterocycles. The number of benzene rings is 1. The van der Waals surface area contributed by atoms with E-state index in [-0.39, 0.29) is 17.6 Å². The molecule has 0 aliphatic rings. The van der Waals surface area contributed by atoms with Gasteiger partial charge in [0.15, 0.2) is 11.5 Å². The summed E-state index contributed by atoms with van der Waals surface area (Å²) in [5.74, 6) is -0.00684. The molecule has 0 unspecified atom stereocenters. The van der Waals surface area contributed by atoms with Crippen LogP contribution in [-0.2, 0) is 23.1 Å². The van der Waals surface area contributed by atoms with Gasteiger partial charge in [0.2, 0.25) is 5.91 Å². The van der Waals surface area contributed by atoms with Gasteiger partial charge >= 0.3 is 5.69 Å². The summed E-state index contributed by atoms with van der Waals surface area (Å²) in [4.78, 5) is 46.1. The molecule has 0 saturated carbocycles. The molecule has 0 radical (unpaired) electrons. The number of methoxy groups -OCH3 is 1. The first-order chi connectivity index (χ1) is 13.5. The van der Waals surface area contributed by atoms with Crippen molar-refractivity contribution in [1.29, 1.82) is 0 Å². The molecule has 1 aromatic carbocycles. The first kappa shape index (κ1) is 19.4. The van der Waals surface area contributed by atoms with E-state index < -0.39 is 17.2 Å². The van der Waals surface area contributed by atoms with Crippen LogP contribution in [0.3, 0.4) is 0 Å². The van der Waals surface area contributed by atoms with E-state index in [2.05, 4.69) is 15.3 Å². The van der Waals surface area contributed by atoms with E-state index in [1.165, 1.54) is 17.8 Å². The molecule has 28 heavy (non-hydrogen) atoms. The number of carbonyl (C=O) groups is 1. The molecule has 0 aliphatic carbocycles. The van der Waals surface area contributed by atoms with Crippen LogP contribution < -0.4 is 16.6 Å².